The third-order valence-electron chi connectivity index (χ3n) is 2.95. The van der Waals surface area contributed by atoms with E-state index in [1.807, 2.05) is 0 Å². The summed E-state index contributed by atoms with van der Waals surface area (Å²) >= 11 is 1.28. The van der Waals surface area contributed by atoms with Gasteiger partial charge in [0.05, 0.1) is 13.2 Å². The quantitative estimate of drug-likeness (QED) is 0.847. The van der Waals surface area contributed by atoms with Gasteiger partial charge in [0.2, 0.25) is 5.89 Å². The number of carbonyl (C=O) groups excluding carboxylic acids is 1. The van der Waals surface area contributed by atoms with Crippen LogP contribution in [-0.2, 0) is 17.7 Å². The van der Waals surface area contributed by atoms with Crippen LogP contribution in [0.3, 0.4) is 0 Å². The van der Waals surface area contributed by atoms with E-state index < -0.39 is 0 Å². The molecule has 0 bridgehead atoms. The van der Waals surface area contributed by atoms with Gasteiger partial charge in [-0.1, -0.05) is 5.16 Å². The topological polar surface area (TPSA) is 95.7 Å². The van der Waals surface area contributed by atoms with Crippen LogP contribution in [0.4, 0.5) is 0 Å². The van der Waals surface area contributed by atoms with Crippen LogP contribution < -0.4 is 14.8 Å². The Morgan fingerprint density at radius 3 is 3.18 bits per heavy atom. The smallest absolute Gasteiger partial charge is 0.265 e. The predicted octanol–water partition coefficient (Wildman–Crippen LogP) is 1.02. The number of methoxy groups -OCH3 is 1. The minimum absolute atomic E-state index is 0.159. The van der Waals surface area contributed by atoms with Crippen molar-refractivity contribution in [2.45, 2.75) is 13.0 Å². The van der Waals surface area contributed by atoms with E-state index in [9.17, 15) is 4.79 Å². The molecular weight excluding hydrogens is 310 g/mol. The van der Waals surface area contributed by atoms with Crippen molar-refractivity contribution in [2.24, 2.45) is 0 Å². The molecule has 2 aromatic rings. The lowest BCUT2D eigenvalue weighted by molar-refractivity contribution is 0.0941. The lowest BCUT2D eigenvalue weighted by atomic mass is 10.3. The summed E-state index contributed by atoms with van der Waals surface area (Å²) < 4.78 is 20.9. The Morgan fingerprint density at radius 2 is 2.32 bits per heavy atom. The molecule has 0 aliphatic carbocycles. The van der Waals surface area contributed by atoms with Crippen molar-refractivity contribution in [3.8, 4) is 11.5 Å². The standard InChI is InChI=1S/C13H15N3O5S/c1-18-3-2-9-15-10(21-16-9)6-14-13(17)12-11-8(7-22-12)19-4-5-20-11/h7H,2-6H2,1H3,(H,14,17). The molecule has 0 unspecified atom stereocenters. The van der Waals surface area contributed by atoms with E-state index >= 15 is 0 Å². The monoisotopic (exact) mass is 325 g/mol. The summed E-state index contributed by atoms with van der Waals surface area (Å²) in [6.45, 7) is 1.61. The van der Waals surface area contributed by atoms with Gasteiger partial charge in [0, 0.05) is 18.9 Å². The van der Waals surface area contributed by atoms with Gasteiger partial charge in [0.15, 0.2) is 17.3 Å². The van der Waals surface area contributed by atoms with E-state index in [0.717, 1.165) is 0 Å². The molecule has 1 N–H and O–H groups in total. The third kappa shape index (κ3) is 3.20. The Hall–Kier alpha value is -2.13. The number of aromatic nitrogens is 2. The molecule has 3 heterocycles. The van der Waals surface area contributed by atoms with E-state index in [4.69, 9.17) is 18.7 Å². The van der Waals surface area contributed by atoms with Crippen molar-refractivity contribution in [2.75, 3.05) is 26.9 Å². The van der Waals surface area contributed by atoms with Gasteiger partial charge >= 0.3 is 0 Å². The zero-order valence-electron chi connectivity index (χ0n) is 12.0. The van der Waals surface area contributed by atoms with Gasteiger partial charge in [-0.25, -0.2) is 0 Å². The average molecular weight is 325 g/mol. The van der Waals surface area contributed by atoms with Gasteiger partial charge in [-0.3, -0.25) is 4.79 Å². The molecule has 0 radical (unpaired) electrons. The highest BCUT2D eigenvalue weighted by Crippen LogP contribution is 2.39. The number of rotatable bonds is 6. The highest BCUT2D eigenvalue weighted by molar-refractivity contribution is 7.12. The minimum Gasteiger partial charge on any atom is -0.485 e. The summed E-state index contributed by atoms with van der Waals surface area (Å²) in [5.41, 5.74) is 0. The molecule has 0 spiro atoms. The number of hydrogen-bond donors (Lipinski definition) is 1. The molecule has 0 fully saturated rings. The van der Waals surface area contributed by atoms with Crippen molar-refractivity contribution in [1.29, 1.82) is 0 Å². The summed E-state index contributed by atoms with van der Waals surface area (Å²) in [5.74, 6) is 1.76. The Kier molecular flexibility index (Phi) is 4.54. The largest absolute Gasteiger partial charge is 0.485 e. The first kappa shape index (κ1) is 14.8. The van der Waals surface area contributed by atoms with Crippen molar-refractivity contribution < 1.29 is 23.5 Å². The van der Waals surface area contributed by atoms with Crippen molar-refractivity contribution >= 4 is 17.2 Å². The summed E-state index contributed by atoms with van der Waals surface area (Å²) in [6, 6.07) is 0. The van der Waals surface area contributed by atoms with Crippen LogP contribution in [0.15, 0.2) is 9.90 Å². The molecule has 1 aliphatic heterocycles. The zero-order valence-corrected chi connectivity index (χ0v) is 12.8. The lowest BCUT2D eigenvalue weighted by Gasteiger charge is -2.15. The fourth-order valence-electron chi connectivity index (χ4n) is 1.91. The van der Waals surface area contributed by atoms with E-state index in [2.05, 4.69) is 15.5 Å². The third-order valence-corrected chi connectivity index (χ3v) is 3.89. The number of nitrogens with one attached hydrogen (secondary N) is 1. The first-order valence-corrected chi connectivity index (χ1v) is 7.61. The predicted molar refractivity (Wildman–Crippen MR) is 76.4 cm³/mol. The summed E-state index contributed by atoms with van der Waals surface area (Å²) in [4.78, 5) is 16.8. The number of thiophene rings is 1. The summed E-state index contributed by atoms with van der Waals surface area (Å²) in [6.07, 6.45) is 0.567. The second kappa shape index (κ2) is 6.75. The summed E-state index contributed by atoms with van der Waals surface area (Å²) in [7, 11) is 1.61. The molecule has 22 heavy (non-hydrogen) atoms. The molecule has 1 amide bonds. The Morgan fingerprint density at radius 1 is 1.45 bits per heavy atom. The number of carbonyl (C=O) groups is 1. The molecule has 8 nitrogen and oxygen atoms in total. The number of fused-ring (bicyclic) bond motifs is 1. The van der Waals surface area contributed by atoms with Crippen LogP contribution in [-0.4, -0.2) is 43.0 Å². The van der Waals surface area contributed by atoms with Crippen LogP contribution in [0.5, 0.6) is 11.5 Å². The fourth-order valence-corrected chi connectivity index (χ4v) is 2.76. The number of amides is 1. The first-order valence-electron chi connectivity index (χ1n) is 6.73. The number of ether oxygens (including phenoxy) is 3. The lowest BCUT2D eigenvalue weighted by Crippen LogP contribution is -2.24. The number of hydrogen-bond acceptors (Lipinski definition) is 8. The van der Waals surface area contributed by atoms with Crippen LogP contribution in [0.25, 0.3) is 0 Å². The van der Waals surface area contributed by atoms with Crippen LogP contribution in [0, 0.1) is 0 Å². The van der Waals surface area contributed by atoms with Gasteiger partial charge < -0.3 is 24.1 Å². The molecule has 0 atom stereocenters. The molecule has 0 saturated heterocycles. The fraction of sp³-hybridized carbons (Fsp3) is 0.462. The maximum atomic E-state index is 12.2. The Labute approximate surface area is 130 Å². The molecule has 1 aliphatic rings. The van der Waals surface area contributed by atoms with E-state index in [-0.39, 0.29) is 12.5 Å². The molecule has 9 heteroatoms. The SMILES string of the molecule is COCCc1noc(CNC(=O)c2scc3c2OCCO3)n1. The van der Waals surface area contributed by atoms with Crippen molar-refractivity contribution in [3.63, 3.8) is 0 Å². The van der Waals surface area contributed by atoms with Gasteiger partial charge in [-0.15, -0.1) is 11.3 Å². The maximum Gasteiger partial charge on any atom is 0.265 e. The molecule has 0 aromatic carbocycles. The van der Waals surface area contributed by atoms with Crippen LogP contribution >= 0.6 is 11.3 Å². The number of nitrogens with zero attached hydrogens (tertiary/aromatic N) is 2. The molecule has 3 rings (SSSR count). The zero-order chi connectivity index (χ0) is 15.4. The van der Waals surface area contributed by atoms with Crippen LogP contribution in [0.1, 0.15) is 21.4 Å². The molecule has 0 saturated carbocycles. The second-order valence-electron chi connectivity index (χ2n) is 4.48. The second-order valence-corrected chi connectivity index (χ2v) is 5.36. The average Bonchev–Trinajstić information content (AvgIpc) is 3.17. The van der Waals surface area contributed by atoms with Crippen LogP contribution in [0.2, 0.25) is 0 Å². The Bertz CT molecular complexity index is 654. The van der Waals surface area contributed by atoms with E-state index in [1.54, 1.807) is 12.5 Å². The van der Waals surface area contributed by atoms with Gasteiger partial charge in [-0.2, -0.15) is 4.98 Å². The maximum absolute atomic E-state index is 12.2. The van der Waals surface area contributed by atoms with Gasteiger partial charge in [0.1, 0.15) is 18.1 Å². The normalized spacial score (nSPS) is 13.1. The summed E-state index contributed by atoms with van der Waals surface area (Å²) in [5, 5.41) is 8.30. The molecule has 2 aromatic heterocycles. The molecule has 118 valence electrons. The Balaban J connectivity index is 1.58. The molecular formula is C13H15N3O5S. The van der Waals surface area contributed by atoms with Crippen molar-refractivity contribution in [1.82, 2.24) is 15.5 Å². The van der Waals surface area contributed by atoms with Crippen molar-refractivity contribution in [3.05, 3.63) is 22.0 Å². The highest BCUT2D eigenvalue weighted by atomic mass is 32.1. The van der Waals surface area contributed by atoms with E-state index in [0.29, 0.717) is 54.3 Å². The van der Waals surface area contributed by atoms with Gasteiger partial charge in [-0.05, 0) is 0 Å². The first-order chi connectivity index (χ1) is 10.8. The minimum atomic E-state index is -0.256. The van der Waals surface area contributed by atoms with E-state index in [1.165, 1.54) is 11.3 Å². The van der Waals surface area contributed by atoms with Gasteiger partial charge in [0.25, 0.3) is 5.91 Å². The highest BCUT2D eigenvalue weighted by Gasteiger charge is 2.23.